The lowest BCUT2D eigenvalue weighted by molar-refractivity contribution is -0.140. The van der Waals surface area contributed by atoms with E-state index in [2.05, 4.69) is 20.7 Å². The molecule has 4 amide bonds. The van der Waals surface area contributed by atoms with E-state index < -0.39 is 6.17 Å². The van der Waals surface area contributed by atoms with Crippen molar-refractivity contribution < 1.29 is 19.1 Å². The van der Waals surface area contributed by atoms with Crippen molar-refractivity contribution in [3.8, 4) is 0 Å². The highest BCUT2D eigenvalue weighted by Gasteiger charge is 2.44. The summed E-state index contributed by atoms with van der Waals surface area (Å²) in [5.74, 6) is -0.310. The van der Waals surface area contributed by atoms with Gasteiger partial charge in [-0.3, -0.25) is 4.79 Å². The van der Waals surface area contributed by atoms with Crippen LogP contribution in [0.5, 0.6) is 0 Å². The Morgan fingerprint density at radius 3 is 2.82 bits per heavy atom. The second-order valence-corrected chi connectivity index (χ2v) is 3.86. The molecule has 0 aromatic rings. The molecule has 8 heteroatoms. The van der Waals surface area contributed by atoms with E-state index >= 15 is 0 Å². The fourth-order valence-electron chi connectivity index (χ4n) is 1.93. The van der Waals surface area contributed by atoms with Gasteiger partial charge in [0, 0.05) is 13.0 Å². The van der Waals surface area contributed by atoms with Gasteiger partial charge in [0.2, 0.25) is 0 Å². The number of carbonyl (C=O) groups excluding carboxylic acids is 3. The highest BCUT2D eigenvalue weighted by Crippen LogP contribution is 2.14. The van der Waals surface area contributed by atoms with Gasteiger partial charge in [-0.15, -0.1) is 0 Å². The molecule has 2 aliphatic heterocycles. The minimum absolute atomic E-state index is 0.249. The van der Waals surface area contributed by atoms with Gasteiger partial charge < -0.3 is 25.6 Å². The monoisotopic (exact) mass is 242 g/mol. The molecule has 2 atom stereocenters. The lowest BCUT2D eigenvalue weighted by Gasteiger charge is -2.20. The van der Waals surface area contributed by atoms with E-state index in [1.54, 1.807) is 0 Å². The lowest BCUT2D eigenvalue weighted by Crippen LogP contribution is -2.43. The van der Waals surface area contributed by atoms with Crippen LogP contribution in [0.3, 0.4) is 0 Å². The Hall–Kier alpha value is -1.99. The average Bonchev–Trinajstić information content (AvgIpc) is 2.76. The Kier molecular flexibility index (Phi) is 3.03. The van der Waals surface area contributed by atoms with Gasteiger partial charge >= 0.3 is 18.0 Å². The quantitative estimate of drug-likeness (QED) is 0.546. The van der Waals surface area contributed by atoms with E-state index in [-0.39, 0.29) is 30.6 Å². The summed E-state index contributed by atoms with van der Waals surface area (Å²) in [7, 11) is 1.32. The predicted octanol–water partition coefficient (Wildman–Crippen LogP) is -1.07. The zero-order valence-corrected chi connectivity index (χ0v) is 9.36. The summed E-state index contributed by atoms with van der Waals surface area (Å²) >= 11 is 0. The first-order valence-electron chi connectivity index (χ1n) is 5.33. The average molecular weight is 242 g/mol. The Morgan fingerprint density at radius 1 is 1.35 bits per heavy atom. The van der Waals surface area contributed by atoms with Crippen LogP contribution in [-0.2, 0) is 9.53 Å². The van der Waals surface area contributed by atoms with Gasteiger partial charge in [0.15, 0.2) is 0 Å². The van der Waals surface area contributed by atoms with Crippen molar-refractivity contribution in [2.24, 2.45) is 0 Å². The molecular formula is C9H14N4O4. The van der Waals surface area contributed by atoms with E-state index in [1.807, 2.05) is 0 Å². The maximum atomic E-state index is 11.5. The molecule has 0 aliphatic carbocycles. The van der Waals surface area contributed by atoms with Crippen molar-refractivity contribution in [2.75, 3.05) is 13.7 Å². The summed E-state index contributed by atoms with van der Waals surface area (Å²) in [4.78, 5) is 35.0. The van der Waals surface area contributed by atoms with Crippen LogP contribution in [0.25, 0.3) is 0 Å². The third kappa shape index (κ3) is 2.24. The van der Waals surface area contributed by atoms with Crippen molar-refractivity contribution in [3.63, 3.8) is 0 Å². The molecule has 0 saturated carbocycles. The molecule has 0 bridgehead atoms. The summed E-state index contributed by atoms with van der Waals surface area (Å²) in [6, 6.07) is -0.560. The van der Waals surface area contributed by atoms with Gasteiger partial charge in [-0.25, -0.2) is 9.59 Å². The number of ether oxygens (including phenoxy) is 1. The van der Waals surface area contributed by atoms with Gasteiger partial charge in [-0.1, -0.05) is 0 Å². The molecule has 2 heterocycles. The van der Waals surface area contributed by atoms with Gasteiger partial charge in [-0.2, -0.15) is 0 Å². The number of urea groups is 2. The van der Waals surface area contributed by atoms with E-state index in [0.29, 0.717) is 13.0 Å². The van der Waals surface area contributed by atoms with E-state index in [9.17, 15) is 14.4 Å². The van der Waals surface area contributed by atoms with Gasteiger partial charge in [0.25, 0.3) is 0 Å². The molecule has 0 spiro atoms. The molecule has 0 radical (unpaired) electrons. The molecule has 3 N–H and O–H groups in total. The van der Waals surface area contributed by atoms with Crippen molar-refractivity contribution in [1.82, 2.24) is 20.9 Å². The molecule has 2 aliphatic rings. The molecule has 2 saturated heterocycles. The second kappa shape index (κ2) is 4.48. The first-order valence-corrected chi connectivity index (χ1v) is 5.33. The van der Waals surface area contributed by atoms with Crippen molar-refractivity contribution in [2.45, 2.75) is 25.2 Å². The number of hydrogen-bond acceptors (Lipinski definition) is 4. The Morgan fingerprint density at radius 2 is 2.12 bits per heavy atom. The summed E-state index contributed by atoms with van der Waals surface area (Å²) in [6.45, 7) is 0.393. The molecule has 8 nitrogen and oxygen atoms in total. The smallest absolute Gasteiger partial charge is 0.320 e. The van der Waals surface area contributed by atoms with Gasteiger partial charge in [0.05, 0.1) is 7.11 Å². The molecule has 94 valence electrons. The Balaban J connectivity index is 1.85. The maximum Gasteiger partial charge on any atom is 0.320 e. The number of methoxy groups -OCH3 is 1. The minimum Gasteiger partial charge on any atom is -0.469 e. The van der Waals surface area contributed by atoms with E-state index in [4.69, 9.17) is 0 Å². The molecule has 0 unspecified atom stereocenters. The number of nitrogens with zero attached hydrogens (tertiary/aromatic N) is 1. The first-order chi connectivity index (χ1) is 8.11. The SMILES string of the molecule is COC(=O)CCCN1C(=O)N[C@@H]2NC(=O)N[C@@H]21. The fraction of sp³-hybridized carbons (Fsp3) is 0.667. The number of hydrogen-bond donors (Lipinski definition) is 3. The standard InChI is InChI=1S/C9H14N4O4/c1-17-5(14)3-2-4-13-7-6(11-9(13)16)10-8(15)12-7/h6-7H,2-4H2,1H3,(H,11,16)(H2,10,12,15)/t6-,7+/m0/s1. The number of fused-ring (bicyclic) bond motifs is 1. The molecular weight excluding hydrogens is 228 g/mol. The number of rotatable bonds is 4. The van der Waals surface area contributed by atoms with Crippen LogP contribution >= 0.6 is 0 Å². The number of carbonyl (C=O) groups is 3. The first kappa shape index (κ1) is 11.5. The van der Waals surface area contributed by atoms with Gasteiger partial charge in [0.1, 0.15) is 12.3 Å². The lowest BCUT2D eigenvalue weighted by atomic mass is 10.3. The zero-order chi connectivity index (χ0) is 12.4. The van der Waals surface area contributed by atoms with Crippen LogP contribution < -0.4 is 16.0 Å². The van der Waals surface area contributed by atoms with Crippen LogP contribution in [0.15, 0.2) is 0 Å². The largest absolute Gasteiger partial charge is 0.469 e. The Labute approximate surface area is 97.7 Å². The topological polar surface area (TPSA) is 99.8 Å². The number of nitrogens with one attached hydrogen (secondary N) is 3. The summed E-state index contributed by atoms with van der Waals surface area (Å²) < 4.78 is 4.51. The van der Waals surface area contributed by atoms with E-state index in [0.717, 1.165) is 0 Å². The third-order valence-electron chi connectivity index (χ3n) is 2.76. The second-order valence-electron chi connectivity index (χ2n) is 3.86. The molecule has 0 aromatic carbocycles. The zero-order valence-electron chi connectivity index (χ0n) is 9.36. The van der Waals surface area contributed by atoms with Crippen LogP contribution in [-0.4, -0.2) is 48.9 Å². The van der Waals surface area contributed by atoms with Crippen LogP contribution in [0.2, 0.25) is 0 Å². The predicted molar refractivity (Wildman–Crippen MR) is 55.7 cm³/mol. The summed E-state index contributed by atoms with van der Waals surface area (Å²) in [6.07, 6.45) is -0.0288. The van der Waals surface area contributed by atoms with E-state index in [1.165, 1.54) is 12.0 Å². The molecule has 2 rings (SSSR count). The fourth-order valence-corrected chi connectivity index (χ4v) is 1.93. The number of amides is 4. The minimum atomic E-state index is -0.395. The summed E-state index contributed by atoms with van der Waals surface area (Å²) in [5.41, 5.74) is 0. The summed E-state index contributed by atoms with van der Waals surface area (Å²) in [5, 5.41) is 7.82. The van der Waals surface area contributed by atoms with Crippen LogP contribution in [0.4, 0.5) is 9.59 Å². The van der Waals surface area contributed by atoms with Crippen molar-refractivity contribution in [3.05, 3.63) is 0 Å². The normalized spacial score (nSPS) is 26.1. The molecule has 2 fully saturated rings. The molecule has 17 heavy (non-hydrogen) atoms. The number of esters is 1. The maximum absolute atomic E-state index is 11.5. The Bertz CT molecular complexity index is 359. The highest BCUT2D eigenvalue weighted by atomic mass is 16.5. The molecule has 0 aromatic heterocycles. The van der Waals surface area contributed by atoms with Gasteiger partial charge in [-0.05, 0) is 6.42 Å². The van der Waals surface area contributed by atoms with Crippen molar-refractivity contribution >= 4 is 18.0 Å². The third-order valence-corrected chi connectivity index (χ3v) is 2.76. The van der Waals surface area contributed by atoms with Crippen LogP contribution in [0.1, 0.15) is 12.8 Å². The van der Waals surface area contributed by atoms with Crippen molar-refractivity contribution in [1.29, 1.82) is 0 Å². The van der Waals surface area contributed by atoms with Crippen LogP contribution in [0, 0.1) is 0 Å². The highest BCUT2D eigenvalue weighted by molar-refractivity contribution is 5.84.